The molecule has 8 nitrogen and oxygen atoms in total. The lowest BCUT2D eigenvalue weighted by atomic mass is 10.0. The molecule has 2 N–H and O–H groups in total. The van der Waals surface area contributed by atoms with Crippen LogP contribution in [0.15, 0.2) is 73.3 Å². The highest BCUT2D eigenvalue weighted by molar-refractivity contribution is 5.91. The second-order valence-electron chi connectivity index (χ2n) is 8.54. The van der Waals surface area contributed by atoms with E-state index in [2.05, 4.69) is 42.4 Å². The van der Waals surface area contributed by atoms with Crippen LogP contribution in [0, 0.1) is 6.92 Å². The van der Waals surface area contributed by atoms with Crippen molar-refractivity contribution in [2.75, 3.05) is 13.1 Å². The first-order valence-corrected chi connectivity index (χ1v) is 11.4. The number of hydrogen-bond donors (Lipinski definition) is 2. The number of hydrogen-bond acceptors (Lipinski definition) is 7. The van der Waals surface area contributed by atoms with E-state index in [1.54, 1.807) is 24.8 Å². The monoisotopic (exact) mass is 462 g/mol. The third kappa shape index (κ3) is 4.15. The van der Waals surface area contributed by atoms with Crippen molar-refractivity contribution in [3.63, 3.8) is 0 Å². The van der Waals surface area contributed by atoms with Gasteiger partial charge in [0.05, 0.1) is 28.9 Å². The number of aromatic amines is 1. The Hall–Kier alpha value is -4.43. The number of ether oxygens (including phenoxy) is 1. The number of imidazole rings is 1. The van der Waals surface area contributed by atoms with Crippen molar-refractivity contribution in [1.29, 1.82) is 0 Å². The molecular weight excluding hydrogens is 440 g/mol. The summed E-state index contributed by atoms with van der Waals surface area (Å²) in [6.07, 6.45) is 5.02. The number of carbonyl (C=O) groups excluding carboxylic acids is 1. The summed E-state index contributed by atoms with van der Waals surface area (Å²) in [5, 5.41) is 4.05. The molecule has 0 atom stereocenters. The van der Waals surface area contributed by atoms with E-state index in [4.69, 9.17) is 4.74 Å². The number of esters is 1. The van der Waals surface area contributed by atoms with Gasteiger partial charge in [0.15, 0.2) is 0 Å². The van der Waals surface area contributed by atoms with Crippen LogP contribution in [0.2, 0.25) is 0 Å². The van der Waals surface area contributed by atoms with Gasteiger partial charge in [0, 0.05) is 47.7 Å². The highest BCUT2D eigenvalue weighted by Gasteiger charge is 2.22. The minimum atomic E-state index is -0.412. The first-order chi connectivity index (χ1) is 17.1. The Bertz CT molecular complexity index is 1560. The lowest BCUT2D eigenvalue weighted by Gasteiger charge is -2.26. The predicted molar refractivity (Wildman–Crippen MR) is 133 cm³/mol. The lowest BCUT2D eigenvalue weighted by Crippen LogP contribution is -2.49. The van der Waals surface area contributed by atoms with Gasteiger partial charge in [0.25, 0.3) is 0 Å². The number of benzene rings is 1. The molecule has 1 aliphatic rings. The largest absolute Gasteiger partial charge is 0.455 e. The van der Waals surface area contributed by atoms with Crippen LogP contribution in [-0.2, 0) is 4.74 Å². The Morgan fingerprint density at radius 3 is 2.69 bits per heavy atom. The highest BCUT2D eigenvalue weighted by atomic mass is 16.5. The first-order valence-electron chi connectivity index (χ1n) is 11.4. The Kier molecular flexibility index (Phi) is 5.27. The Morgan fingerprint density at radius 1 is 0.971 bits per heavy atom. The van der Waals surface area contributed by atoms with Crippen LogP contribution in [0.1, 0.15) is 16.2 Å². The van der Waals surface area contributed by atoms with Crippen LogP contribution in [0.4, 0.5) is 0 Å². The van der Waals surface area contributed by atoms with Gasteiger partial charge in [-0.1, -0.05) is 12.1 Å². The van der Waals surface area contributed by atoms with Crippen LogP contribution in [0.3, 0.4) is 0 Å². The topological polar surface area (TPSA) is 106 Å². The minimum absolute atomic E-state index is 0.0874. The average molecular weight is 463 g/mol. The summed E-state index contributed by atoms with van der Waals surface area (Å²) < 4.78 is 5.45. The summed E-state index contributed by atoms with van der Waals surface area (Å²) in [7, 11) is 0. The maximum absolute atomic E-state index is 12.4. The molecule has 6 rings (SSSR count). The van der Waals surface area contributed by atoms with Gasteiger partial charge < -0.3 is 15.0 Å². The first kappa shape index (κ1) is 21.1. The van der Waals surface area contributed by atoms with E-state index in [9.17, 15) is 4.79 Å². The Balaban J connectivity index is 1.34. The van der Waals surface area contributed by atoms with E-state index in [-0.39, 0.29) is 11.8 Å². The van der Waals surface area contributed by atoms with E-state index in [1.165, 1.54) is 0 Å². The number of nitrogens with zero attached hydrogens (tertiary/aromatic N) is 4. The quantitative estimate of drug-likeness (QED) is 0.377. The van der Waals surface area contributed by atoms with Gasteiger partial charge in [-0.05, 0) is 55.0 Å². The second-order valence-corrected chi connectivity index (χ2v) is 8.54. The number of pyridine rings is 3. The Labute approximate surface area is 201 Å². The van der Waals surface area contributed by atoms with Crippen molar-refractivity contribution in [2.24, 2.45) is 0 Å². The number of rotatable bonds is 5. The molecule has 4 aromatic heterocycles. The predicted octanol–water partition coefficient (Wildman–Crippen LogP) is 4.19. The number of aromatic nitrogens is 5. The summed E-state index contributed by atoms with van der Waals surface area (Å²) in [4.78, 5) is 33.7. The molecular formula is C27H22N6O2. The molecule has 35 heavy (non-hydrogen) atoms. The minimum Gasteiger partial charge on any atom is -0.455 e. The van der Waals surface area contributed by atoms with E-state index >= 15 is 0 Å². The summed E-state index contributed by atoms with van der Waals surface area (Å²) in [5.41, 5.74) is 7.35. The van der Waals surface area contributed by atoms with E-state index in [1.807, 2.05) is 43.3 Å². The van der Waals surface area contributed by atoms with Crippen LogP contribution in [-0.4, -0.2) is 50.1 Å². The Morgan fingerprint density at radius 2 is 1.86 bits per heavy atom. The number of aryl methyl sites for hydroxylation is 1. The van der Waals surface area contributed by atoms with Gasteiger partial charge in [0.2, 0.25) is 0 Å². The van der Waals surface area contributed by atoms with Crippen molar-refractivity contribution < 1.29 is 9.53 Å². The molecule has 8 heteroatoms. The molecule has 0 spiro atoms. The normalized spacial score (nSPS) is 13.5. The smallest absolute Gasteiger partial charge is 0.357 e. The number of nitrogens with one attached hydrogen (secondary N) is 2. The van der Waals surface area contributed by atoms with Gasteiger partial charge in [-0.15, -0.1) is 0 Å². The molecule has 0 aliphatic carbocycles. The SMILES string of the molecule is Cc1cccc(-c2[nH]cnc2-c2ccc3ncc(-c4ccnc(C(=O)OC5CNC5)c4)cc3c2)n1. The van der Waals surface area contributed by atoms with Crippen molar-refractivity contribution in [3.8, 4) is 33.8 Å². The van der Waals surface area contributed by atoms with Gasteiger partial charge in [-0.25, -0.2) is 14.8 Å². The third-order valence-corrected chi connectivity index (χ3v) is 6.06. The van der Waals surface area contributed by atoms with Gasteiger partial charge in [-0.3, -0.25) is 9.97 Å². The van der Waals surface area contributed by atoms with Crippen molar-refractivity contribution in [3.05, 3.63) is 84.7 Å². The summed E-state index contributed by atoms with van der Waals surface area (Å²) in [5.74, 6) is -0.412. The zero-order chi connectivity index (χ0) is 23.8. The summed E-state index contributed by atoms with van der Waals surface area (Å²) in [6, 6.07) is 17.7. The molecule has 1 saturated heterocycles. The maximum Gasteiger partial charge on any atom is 0.357 e. The van der Waals surface area contributed by atoms with Crippen LogP contribution >= 0.6 is 0 Å². The van der Waals surface area contributed by atoms with Crippen molar-refractivity contribution >= 4 is 16.9 Å². The van der Waals surface area contributed by atoms with Gasteiger partial charge >= 0.3 is 5.97 Å². The van der Waals surface area contributed by atoms with E-state index in [0.717, 1.165) is 50.4 Å². The molecule has 5 heterocycles. The summed E-state index contributed by atoms with van der Waals surface area (Å²) >= 11 is 0. The average Bonchev–Trinajstić information content (AvgIpc) is 3.36. The molecule has 0 amide bonds. The van der Waals surface area contributed by atoms with Gasteiger partial charge in [-0.2, -0.15) is 0 Å². The zero-order valence-electron chi connectivity index (χ0n) is 19.0. The van der Waals surface area contributed by atoms with Crippen molar-refractivity contribution in [2.45, 2.75) is 13.0 Å². The molecule has 0 unspecified atom stereocenters. The van der Waals surface area contributed by atoms with Crippen LogP contribution < -0.4 is 5.32 Å². The highest BCUT2D eigenvalue weighted by Crippen LogP contribution is 2.31. The van der Waals surface area contributed by atoms with E-state index < -0.39 is 5.97 Å². The number of fused-ring (bicyclic) bond motifs is 1. The molecule has 5 aromatic rings. The number of carbonyl (C=O) groups is 1. The molecule has 1 aliphatic heterocycles. The van der Waals surface area contributed by atoms with E-state index in [0.29, 0.717) is 13.1 Å². The molecule has 1 fully saturated rings. The fourth-order valence-electron chi connectivity index (χ4n) is 4.11. The molecule has 1 aromatic carbocycles. The van der Waals surface area contributed by atoms with Crippen LogP contribution in [0.5, 0.6) is 0 Å². The molecule has 0 radical (unpaired) electrons. The lowest BCUT2D eigenvalue weighted by molar-refractivity contribution is 0.0163. The fraction of sp³-hybridized carbons (Fsp3) is 0.148. The third-order valence-electron chi connectivity index (χ3n) is 6.06. The van der Waals surface area contributed by atoms with Crippen LogP contribution in [0.25, 0.3) is 44.7 Å². The zero-order valence-corrected chi connectivity index (χ0v) is 19.0. The molecule has 172 valence electrons. The van der Waals surface area contributed by atoms with Gasteiger partial charge in [0.1, 0.15) is 11.8 Å². The standard InChI is InChI=1S/C27H22N6O2/c1-16-3-2-4-23(33-16)26-25(31-15-32-26)18-5-6-22-19(9-18)10-20(12-30-22)17-7-8-29-24(11-17)27(34)35-21-13-28-14-21/h2-12,15,21,28H,13-14H2,1H3,(H,31,32). The molecule has 0 bridgehead atoms. The van der Waals surface area contributed by atoms with Crippen molar-refractivity contribution in [1.82, 2.24) is 30.2 Å². The number of H-pyrrole nitrogens is 1. The summed E-state index contributed by atoms with van der Waals surface area (Å²) in [6.45, 7) is 3.33. The maximum atomic E-state index is 12.4. The fourth-order valence-corrected chi connectivity index (χ4v) is 4.11. The molecule has 0 saturated carbocycles. The second kappa shape index (κ2) is 8.73.